The van der Waals surface area contributed by atoms with Gasteiger partial charge in [0.05, 0.1) is 32.6 Å². The standard InChI is InChI=1S/C28H30BrFN6O4/c1-16(2)24(33-27(38)40-3)26(37)36-15-35(28(39)34-12-18-5-4-6-21(30)20(18)13-34)14-23(36)25-31-11-22(32-25)17-7-9-19(29)10-8-17/h4-11,16,23-24H,12-15H2,1-3H3,(H,31,32)(H,33,38). The number of imidazole rings is 1. The Morgan fingerprint density at radius 2 is 1.88 bits per heavy atom. The lowest BCUT2D eigenvalue weighted by Gasteiger charge is -2.29. The number of nitrogens with zero attached hydrogens (tertiary/aromatic N) is 4. The van der Waals surface area contributed by atoms with Crippen molar-refractivity contribution in [3.05, 3.63) is 75.9 Å². The molecule has 1 saturated heterocycles. The van der Waals surface area contributed by atoms with Gasteiger partial charge in [-0.1, -0.05) is 54.0 Å². The van der Waals surface area contributed by atoms with Crippen molar-refractivity contribution in [2.75, 3.05) is 20.3 Å². The van der Waals surface area contributed by atoms with Crippen molar-refractivity contribution in [1.82, 2.24) is 30.0 Å². The summed E-state index contributed by atoms with van der Waals surface area (Å²) >= 11 is 3.44. The van der Waals surface area contributed by atoms with E-state index in [2.05, 4.69) is 26.2 Å². The van der Waals surface area contributed by atoms with Crippen LogP contribution in [0.1, 0.15) is 36.8 Å². The van der Waals surface area contributed by atoms with E-state index < -0.39 is 18.2 Å². The average molecular weight is 613 g/mol. The third kappa shape index (κ3) is 5.40. The number of nitrogens with one attached hydrogen (secondary N) is 2. The van der Waals surface area contributed by atoms with Crippen LogP contribution < -0.4 is 5.32 Å². The molecule has 3 aromatic rings. The monoisotopic (exact) mass is 612 g/mol. The van der Waals surface area contributed by atoms with E-state index >= 15 is 0 Å². The quantitative estimate of drug-likeness (QED) is 0.436. The molecule has 4 amide bonds. The Hall–Kier alpha value is -3.93. The summed E-state index contributed by atoms with van der Waals surface area (Å²) in [6, 6.07) is 10.7. The second-order valence-electron chi connectivity index (χ2n) is 10.2. The molecule has 0 radical (unpaired) electrons. The van der Waals surface area contributed by atoms with Gasteiger partial charge in [-0.15, -0.1) is 0 Å². The summed E-state index contributed by atoms with van der Waals surface area (Å²) in [7, 11) is 1.24. The molecule has 0 aliphatic carbocycles. The van der Waals surface area contributed by atoms with Crippen LogP contribution in [0.2, 0.25) is 0 Å². The summed E-state index contributed by atoms with van der Waals surface area (Å²) in [5, 5.41) is 2.63. The Kier molecular flexibility index (Phi) is 7.79. The first-order valence-corrected chi connectivity index (χ1v) is 13.7. The van der Waals surface area contributed by atoms with Gasteiger partial charge in [-0.05, 0) is 29.7 Å². The molecule has 10 nitrogen and oxygen atoms in total. The van der Waals surface area contributed by atoms with Crippen LogP contribution in [0.15, 0.2) is 53.1 Å². The molecule has 40 heavy (non-hydrogen) atoms. The van der Waals surface area contributed by atoms with Crippen molar-refractivity contribution < 1.29 is 23.5 Å². The number of carbonyl (C=O) groups is 3. The van der Waals surface area contributed by atoms with Gasteiger partial charge < -0.3 is 29.7 Å². The summed E-state index contributed by atoms with van der Waals surface area (Å²) < 4.78 is 20.0. The molecule has 12 heteroatoms. The minimum absolute atomic E-state index is 0.0158. The second kappa shape index (κ2) is 11.3. The fourth-order valence-electron chi connectivity index (χ4n) is 5.11. The van der Waals surface area contributed by atoms with E-state index in [1.54, 1.807) is 27.0 Å². The number of H-pyrrole nitrogens is 1. The summed E-state index contributed by atoms with van der Waals surface area (Å²) in [6.07, 6.45) is 1.04. The highest BCUT2D eigenvalue weighted by Crippen LogP contribution is 2.32. The Labute approximate surface area is 239 Å². The first-order chi connectivity index (χ1) is 19.2. The van der Waals surface area contributed by atoms with Gasteiger partial charge in [0.25, 0.3) is 0 Å². The summed E-state index contributed by atoms with van der Waals surface area (Å²) in [4.78, 5) is 52.1. The molecule has 5 rings (SSSR count). The largest absolute Gasteiger partial charge is 0.453 e. The van der Waals surface area contributed by atoms with Crippen LogP contribution in [0.4, 0.5) is 14.0 Å². The smallest absolute Gasteiger partial charge is 0.407 e. The number of alkyl carbamates (subject to hydrolysis) is 1. The van der Waals surface area contributed by atoms with Crippen molar-refractivity contribution in [2.45, 2.75) is 39.0 Å². The maximum atomic E-state index is 14.4. The molecule has 2 unspecified atom stereocenters. The predicted octanol–water partition coefficient (Wildman–Crippen LogP) is 4.64. The van der Waals surface area contributed by atoms with Crippen molar-refractivity contribution in [2.24, 2.45) is 5.92 Å². The van der Waals surface area contributed by atoms with Gasteiger partial charge in [0.1, 0.15) is 23.7 Å². The fraction of sp³-hybridized carbons (Fsp3) is 0.357. The van der Waals surface area contributed by atoms with Crippen LogP contribution in [0, 0.1) is 11.7 Å². The van der Waals surface area contributed by atoms with Gasteiger partial charge in [0, 0.05) is 28.3 Å². The zero-order valence-corrected chi connectivity index (χ0v) is 23.9. The molecule has 1 aromatic heterocycles. The SMILES string of the molecule is COC(=O)NC(C(=O)N1CN(C(=O)N2Cc3cccc(F)c3C2)CC1c1nc(-c2ccc(Br)cc2)c[nH]1)C(C)C. The average Bonchev–Trinajstić information content (AvgIpc) is 3.69. The number of methoxy groups -OCH3 is 1. The molecule has 2 N–H and O–H groups in total. The van der Waals surface area contributed by atoms with Gasteiger partial charge in [-0.3, -0.25) is 4.79 Å². The third-order valence-corrected chi connectivity index (χ3v) is 7.82. The van der Waals surface area contributed by atoms with Crippen molar-refractivity contribution in [3.8, 4) is 11.3 Å². The summed E-state index contributed by atoms with van der Waals surface area (Å²) in [5.74, 6) is -0.437. The first-order valence-electron chi connectivity index (χ1n) is 12.9. The van der Waals surface area contributed by atoms with Gasteiger partial charge in [0.2, 0.25) is 5.91 Å². The van der Waals surface area contributed by atoms with Crippen LogP contribution in [-0.4, -0.2) is 69.1 Å². The molecule has 1 fully saturated rings. The van der Waals surface area contributed by atoms with Crippen molar-refractivity contribution >= 4 is 34.0 Å². The molecule has 0 spiro atoms. The maximum absolute atomic E-state index is 14.4. The van der Waals surface area contributed by atoms with E-state index in [-0.39, 0.29) is 50.0 Å². The molecular weight excluding hydrogens is 583 g/mol. The van der Waals surface area contributed by atoms with Crippen molar-refractivity contribution in [1.29, 1.82) is 0 Å². The minimum Gasteiger partial charge on any atom is -0.453 e. The second-order valence-corrected chi connectivity index (χ2v) is 11.2. The molecule has 0 saturated carbocycles. The minimum atomic E-state index is -0.879. The van der Waals surface area contributed by atoms with E-state index in [0.29, 0.717) is 17.1 Å². The van der Waals surface area contributed by atoms with E-state index in [0.717, 1.165) is 15.6 Å². The normalized spacial score (nSPS) is 17.2. The third-order valence-electron chi connectivity index (χ3n) is 7.29. The number of carbonyl (C=O) groups excluding carboxylic acids is 3. The summed E-state index contributed by atoms with van der Waals surface area (Å²) in [5.41, 5.74) is 2.85. The molecule has 0 bridgehead atoms. The van der Waals surface area contributed by atoms with E-state index in [1.807, 2.05) is 44.2 Å². The molecule has 210 valence electrons. The predicted molar refractivity (Wildman–Crippen MR) is 148 cm³/mol. The number of halogens is 2. The molecule has 2 aliphatic rings. The lowest BCUT2D eigenvalue weighted by atomic mass is 10.0. The number of fused-ring (bicyclic) bond motifs is 1. The Balaban J connectivity index is 1.43. The highest BCUT2D eigenvalue weighted by atomic mass is 79.9. The zero-order valence-electron chi connectivity index (χ0n) is 22.4. The highest BCUT2D eigenvalue weighted by molar-refractivity contribution is 9.10. The van der Waals surface area contributed by atoms with E-state index in [1.165, 1.54) is 13.2 Å². The lowest BCUT2D eigenvalue weighted by molar-refractivity contribution is -0.135. The lowest BCUT2D eigenvalue weighted by Crippen LogP contribution is -2.52. The van der Waals surface area contributed by atoms with E-state index in [9.17, 15) is 18.8 Å². The zero-order chi connectivity index (χ0) is 28.6. The number of urea groups is 1. The van der Waals surface area contributed by atoms with Gasteiger partial charge in [-0.25, -0.2) is 19.0 Å². The molecule has 2 atom stereocenters. The molecule has 3 heterocycles. The van der Waals surface area contributed by atoms with Gasteiger partial charge >= 0.3 is 12.1 Å². The summed E-state index contributed by atoms with van der Waals surface area (Å²) in [6.45, 7) is 4.24. The number of ether oxygens (including phenoxy) is 1. The van der Waals surface area contributed by atoms with Crippen LogP contribution in [0.25, 0.3) is 11.3 Å². The fourth-order valence-corrected chi connectivity index (χ4v) is 5.38. The van der Waals surface area contributed by atoms with Gasteiger partial charge in [-0.2, -0.15) is 0 Å². The van der Waals surface area contributed by atoms with Crippen LogP contribution in [0.3, 0.4) is 0 Å². The van der Waals surface area contributed by atoms with Crippen LogP contribution >= 0.6 is 15.9 Å². The van der Waals surface area contributed by atoms with Crippen LogP contribution in [-0.2, 0) is 22.6 Å². The number of rotatable bonds is 5. The molecular formula is C28H30BrFN6O4. The Morgan fingerprint density at radius 3 is 2.55 bits per heavy atom. The highest BCUT2D eigenvalue weighted by Gasteiger charge is 2.43. The Bertz CT molecular complexity index is 1430. The molecule has 2 aliphatic heterocycles. The maximum Gasteiger partial charge on any atom is 0.407 e. The number of hydrogen-bond donors (Lipinski definition) is 2. The first kappa shape index (κ1) is 27.6. The van der Waals surface area contributed by atoms with Crippen LogP contribution in [0.5, 0.6) is 0 Å². The van der Waals surface area contributed by atoms with Crippen molar-refractivity contribution in [3.63, 3.8) is 0 Å². The molecule has 2 aromatic carbocycles. The number of hydrogen-bond acceptors (Lipinski definition) is 5. The number of benzene rings is 2. The number of aromatic amines is 1. The number of amides is 4. The van der Waals surface area contributed by atoms with Gasteiger partial charge in [0.15, 0.2) is 0 Å². The number of aromatic nitrogens is 2. The topological polar surface area (TPSA) is 111 Å². The van der Waals surface area contributed by atoms with E-state index in [4.69, 9.17) is 9.72 Å². The Morgan fingerprint density at radius 1 is 1.12 bits per heavy atom.